The second kappa shape index (κ2) is 5.54. The maximum atomic E-state index is 11.8. The fraction of sp³-hybridized carbons (Fsp3) is 0.500. The Hall–Kier alpha value is -1.33. The van der Waals surface area contributed by atoms with Gasteiger partial charge < -0.3 is 15.1 Å². The minimum Gasteiger partial charge on any atom is -0.353 e. The zero-order valence-corrected chi connectivity index (χ0v) is 11.4. The number of hydrogen-bond donors (Lipinski definition) is 1. The number of nitrogens with one attached hydrogen (secondary N) is 1. The van der Waals surface area contributed by atoms with E-state index in [0.29, 0.717) is 10.6 Å². The number of aromatic nitrogens is 1. The number of anilines is 1. The fourth-order valence-corrected chi connectivity index (χ4v) is 2.20. The van der Waals surface area contributed by atoms with Crippen LogP contribution in [-0.2, 0) is 0 Å². The Morgan fingerprint density at radius 1 is 1.44 bits per heavy atom. The van der Waals surface area contributed by atoms with Gasteiger partial charge in [0.05, 0.1) is 10.6 Å². The van der Waals surface area contributed by atoms with E-state index in [1.165, 1.54) is 4.90 Å². The number of halogens is 1. The third kappa shape index (κ3) is 2.73. The summed E-state index contributed by atoms with van der Waals surface area (Å²) in [5.41, 5.74) is 0.517. The number of pyridine rings is 1. The molecule has 1 aromatic heterocycles. The average Bonchev–Trinajstić information content (AvgIpc) is 2.38. The number of piperazine rings is 1. The third-order valence-electron chi connectivity index (χ3n) is 2.89. The summed E-state index contributed by atoms with van der Waals surface area (Å²) in [5, 5.41) is 3.81. The summed E-state index contributed by atoms with van der Waals surface area (Å²) in [7, 11) is 3.42. The van der Waals surface area contributed by atoms with Gasteiger partial charge in [-0.3, -0.25) is 4.79 Å². The normalized spacial score (nSPS) is 15.6. The van der Waals surface area contributed by atoms with Crippen LogP contribution in [0.3, 0.4) is 0 Å². The molecule has 1 aliphatic rings. The molecule has 98 valence electrons. The van der Waals surface area contributed by atoms with Crippen LogP contribution in [0.4, 0.5) is 5.82 Å². The molecule has 0 saturated carbocycles. The van der Waals surface area contributed by atoms with Crippen LogP contribution in [0.5, 0.6) is 0 Å². The zero-order valence-electron chi connectivity index (χ0n) is 10.6. The zero-order chi connectivity index (χ0) is 13.1. The van der Waals surface area contributed by atoms with Crippen molar-refractivity contribution in [1.29, 1.82) is 0 Å². The van der Waals surface area contributed by atoms with Crippen LogP contribution in [0.15, 0.2) is 12.3 Å². The number of nitrogens with zero attached hydrogens (tertiary/aromatic N) is 3. The van der Waals surface area contributed by atoms with Gasteiger partial charge in [0.15, 0.2) is 0 Å². The van der Waals surface area contributed by atoms with Crippen molar-refractivity contribution in [3.8, 4) is 0 Å². The predicted octanol–water partition coefficient (Wildman–Crippen LogP) is 0.846. The average molecular weight is 269 g/mol. The van der Waals surface area contributed by atoms with E-state index in [4.69, 9.17) is 11.6 Å². The summed E-state index contributed by atoms with van der Waals surface area (Å²) in [5.74, 6) is 0.671. The molecule has 0 aromatic carbocycles. The Kier molecular flexibility index (Phi) is 4.04. The second-order valence-electron chi connectivity index (χ2n) is 4.47. The summed E-state index contributed by atoms with van der Waals surface area (Å²) in [6.45, 7) is 3.62. The van der Waals surface area contributed by atoms with Gasteiger partial charge in [-0.2, -0.15) is 0 Å². The van der Waals surface area contributed by atoms with Crippen LogP contribution in [0, 0.1) is 0 Å². The standard InChI is InChI=1S/C12H17ClN4O/c1-16(2)12(18)9-7-10(13)11(15-8-9)17-5-3-14-4-6-17/h7-8,14H,3-6H2,1-2H3. The second-order valence-corrected chi connectivity index (χ2v) is 4.87. The number of amides is 1. The Labute approximate surface area is 112 Å². The molecule has 2 rings (SSSR count). The molecule has 0 atom stereocenters. The van der Waals surface area contributed by atoms with Crippen molar-refractivity contribution in [1.82, 2.24) is 15.2 Å². The highest BCUT2D eigenvalue weighted by Crippen LogP contribution is 2.24. The monoisotopic (exact) mass is 268 g/mol. The molecule has 1 fully saturated rings. The van der Waals surface area contributed by atoms with Crippen molar-refractivity contribution in [2.24, 2.45) is 0 Å². The first-order valence-electron chi connectivity index (χ1n) is 5.92. The molecule has 0 spiro atoms. The van der Waals surface area contributed by atoms with Crippen molar-refractivity contribution in [2.45, 2.75) is 0 Å². The Bertz CT molecular complexity index is 444. The smallest absolute Gasteiger partial charge is 0.254 e. The third-order valence-corrected chi connectivity index (χ3v) is 3.17. The molecule has 18 heavy (non-hydrogen) atoms. The first-order chi connectivity index (χ1) is 8.59. The van der Waals surface area contributed by atoms with Gasteiger partial charge in [0, 0.05) is 46.5 Å². The van der Waals surface area contributed by atoms with E-state index in [9.17, 15) is 4.79 Å². The predicted molar refractivity (Wildman–Crippen MR) is 72.3 cm³/mol. The van der Waals surface area contributed by atoms with E-state index < -0.39 is 0 Å². The molecule has 1 aliphatic heterocycles. The molecule has 6 heteroatoms. The first kappa shape index (κ1) is 13.1. The lowest BCUT2D eigenvalue weighted by Crippen LogP contribution is -2.44. The molecule has 0 bridgehead atoms. The van der Waals surface area contributed by atoms with Crippen molar-refractivity contribution < 1.29 is 4.79 Å². The van der Waals surface area contributed by atoms with E-state index in [0.717, 1.165) is 32.0 Å². The van der Waals surface area contributed by atoms with Gasteiger partial charge in [-0.05, 0) is 6.07 Å². The van der Waals surface area contributed by atoms with E-state index in [-0.39, 0.29) is 5.91 Å². The SMILES string of the molecule is CN(C)C(=O)c1cnc(N2CCNCC2)c(Cl)c1. The maximum absolute atomic E-state index is 11.8. The van der Waals surface area contributed by atoms with Gasteiger partial charge in [-0.25, -0.2) is 4.98 Å². The highest BCUT2D eigenvalue weighted by molar-refractivity contribution is 6.33. The van der Waals surface area contributed by atoms with Gasteiger partial charge >= 0.3 is 0 Å². The molecule has 1 N–H and O–H groups in total. The number of hydrogen-bond acceptors (Lipinski definition) is 4. The molecule has 1 aromatic rings. The fourth-order valence-electron chi connectivity index (χ4n) is 1.92. The molecular weight excluding hydrogens is 252 g/mol. The Balaban J connectivity index is 2.21. The van der Waals surface area contributed by atoms with E-state index in [1.807, 2.05) is 0 Å². The maximum Gasteiger partial charge on any atom is 0.254 e. The molecule has 2 heterocycles. The summed E-state index contributed by atoms with van der Waals surface area (Å²) >= 11 is 6.22. The van der Waals surface area contributed by atoms with Gasteiger partial charge in [-0.1, -0.05) is 11.6 Å². The first-order valence-corrected chi connectivity index (χ1v) is 6.30. The number of carbonyl (C=O) groups is 1. The van der Waals surface area contributed by atoms with Crippen molar-refractivity contribution >= 4 is 23.3 Å². The van der Waals surface area contributed by atoms with Gasteiger partial charge in [-0.15, -0.1) is 0 Å². The van der Waals surface area contributed by atoms with Gasteiger partial charge in [0.1, 0.15) is 5.82 Å². The van der Waals surface area contributed by atoms with Crippen LogP contribution < -0.4 is 10.2 Å². The summed E-state index contributed by atoms with van der Waals surface area (Å²) in [6.07, 6.45) is 1.59. The van der Waals surface area contributed by atoms with Crippen LogP contribution in [0.2, 0.25) is 5.02 Å². The molecule has 0 radical (unpaired) electrons. The van der Waals surface area contributed by atoms with Crippen LogP contribution in [0.1, 0.15) is 10.4 Å². The Morgan fingerprint density at radius 2 is 2.11 bits per heavy atom. The lowest BCUT2D eigenvalue weighted by molar-refractivity contribution is 0.0827. The van der Waals surface area contributed by atoms with Crippen LogP contribution >= 0.6 is 11.6 Å². The van der Waals surface area contributed by atoms with Crippen LogP contribution in [-0.4, -0.2) is 56.1 Å². The topological polar surface area (TPSA) is 48.5 Å². The van der Waals surface area contributed by atoms with E-state index in [2.05, 4.69) is 15.2 Å². The van der Waals surface area contributed by atoms with Crippen LogP contribution in [0.25, 0.3) is 0 Å². The van der Waals surface area contributed by atoms with Crippen molar-refractivity contribution in [3.63, 3.8) is 0 Å². The lowest BCUT2D eigenvalue weighted by Gasteiger charge is -2.29. The number of carbonyl (C=O) groups excluding carboxylic acids is 1. The molecular formula is C12H17ClN4O. The van der Waals surface area contributed by atoms with Gasteiger partial charge in [0.25, 0.3) is 5.91 Å². The van der Waals surface area contributed by atoms with E-state index in [1.54, 1.807) is 26.4 Å². The quantitative estimate of drug-likeness (QED) is 0.864. The molecule has 5 nitrogen and oxygen atoms in total. The Morgan fingerprint density at radius 3 is 2.67 bits per heavy atom. The molecule has 0 aliphatic carbocycles. The van der Waals surface area contributed by atoms with Crippen molar-refractivity contribution in [2.75, 3.05) is 45.2 Å². The van der Waals surface area contributed by atoms with E-state index >= 15 is 0 Å². The molecule has 1 amide bonds. The highest BCUT2D eigenvalue weighted by Gasteiger charge is 2.17. The minimum atomic E-state index is -0.0868. The highest BCUT2D eigenvalue weighted by atomic mass is 35.5. The summed E-state index contributed by atoms with van der Waals surface area (Å²) < 4.78 is 0. The van der Waals surface area contributed by atoms with Gasteiger partial charge in [0.2, 0.25) is 0 Å². The summed E-state index contributed by atoms with van der Waals surface area (Å²) in [6, 6.07) is 1.69. The lowest BCUT2D eigenvalue weighted by atomic mass is 10.2. The summed E-state index contributed by atoms with van der Waals surface area (Å²) in [4.78, 5) is 19.8. The molecule has 1 saturated heterocycles. The number of rotatable bonds is 2. The minimum absolute atomic E-state index is 0.0868. The largest absolute Gasteiger partial charge is 0.353 e. The van der Waals surface area contributed by atoms with Crippen molar-refractivity contribution in [3.05, 3.63) is 22.8 Å². The molecule has 0 unspecified atom stereocenters.